The maximum atomic E-state index is 12.8. The predicted octanol–water partition coefficient (Wildman–Crippen LogP) is 0.188. The smallest absolute Gasteiger partial charge is 0.303 e. The van der Waals surface area contributed by atoms with E-state index in [9.17, 15) is 33.6 Å². The number of carbonyl (C=O) groups excluding carboxylic acids is 6. The van der Waals surface area contributed by atoms with Crippen LogP contribution in [0.2, 0.25) is 0 Å². The lowest BCUT2D eigenvalue weighted by atomic mass is 10.1. The SMILES string of the molecule is C=CC(=O)NCC(=O)NCCCC[C@H](NC(=O)CCCc1c[nH]c2ccccc12)C(=O)NC(=O)CNC(=O)CCC(=O)O. The van der Waals surface area contributed by atoms with Crippen LogP contribution >= 0.6 is 0 Å². The summed E-state index contributed by atoms with van der Waals surface area (Å²) < 4.78 is 0. The van der Waals surface area contributed by atoms with Crippen LogP contribution in [0.5, 0.6) is 0 Å². The Hall–Kier alpha value is -5.01. The van der Waals surface area contributed by atoms with E-state index < -0.39 is 54.5 Å². The molecule has 14 heteroatoms. The van der Waals surface area contributed by atoms with Gasteiger partial charge in [0.1, 0.15) is 6.04 Å². The van der Waals surface area contributed by atoms with E-state index in [1.54, 1.807) is 0 Å². The van der Waals surface area contributed by atoms with Gasteiger partial charge in [-0.1, -0.05) is 24.8 Å². The number of aliphatic carboxylic acids is 1. The van der Waals surface area contributed by atoms with Crippen LogP contribution in [0.25, 0.3) is 10.9 Å². The molecule has 0 aliphatic rings. The number of H-pyrrole nitrogens is 1. The third-order valence-electron chi connectivity index (χ3n) is 6.30. The molecule has 0 fully saturated rings. The molecule has 232 valence electrons. The number of benzene rings is 1. The number of unbranched alkanes of at least 4 members (excludes halogenated alkanes) is 1. The van der Waals surface area contributed by atoms with E-state index in [-0.39, 0.29) is 38.3 Å². The molecule has 14 nitrogen and oxygen atoms in total. The lowest BCUT2D eigenvalue weighted by molar-refractivity contribution is -0.138. The number of carboxylic acid groups (broad SMARTS) is 1. The molecule has 1 aromatic heterocycles. The van der Waals surface area contributed by atoms with Gasteiger partial charge < -0.3 is 31.4 Å². The molecule has 1 heterocycles. The Morgan fingerprint density at radius 2 is 1.58 bits per heavy atom. The Balaban J connectivity index is 1.86. The van der Waals surface area contributed by atoms with Gasteiger partial charge in [-0.15, -0.1) is 0 Å². The Morgan fingerprint density at radius 3 is 2.33 bits per heavy atom. The monoisotopic (exact) mass is 598 g/mol. The number of hydrogen-bond donors (Lipinski definition) is 7. The molecule has 0 saturated carbocycles. The normalized spacial score (nSPS) is 11.2. The molecule has 6 amide bonds. The van der Waals surface area contributed by atoms with Gasteiger partial charge in [0.05, 0.1) is 19.5 Å². The van der Waals surface area contributed by atoms with Crippen molar-refractivity contribution in [2.24, 2.45) is 0 Å². The molecule has 2 aromatic rings. The Morgan fingerprint density at radius 1 is 0.837 bits per heavy atom. The van der Waals surface area contributed by atoms with Crippen LogP contribution in [-0.4, -0.2) is 77.2 Å². The van der Waals surface area contributed by atoms with Gasteiger partial charge in [-0.05, 0) is 49.8 Å². The molecular formula is C29H38N6O8. The minimum atomic E-state index is -1.16. The fraction of sp³-hybridized carbons (Fsp3) is 0.414. The van der Waals surface area contributed by atoms with Crippen molar-refractivity contribution in [2.45, 2.75) is 57.4 Å². The van der Waals surface area contributed by atoms with Crippen molar-refractivity contribution in [3.63, 3.8) is 0 Å². The summed E-state index contributed by atoms with van der Waals surface area (Å²) in [6, 6.07) is 6.77. The van der Waals surface area contributed by atoms with Crippen LogP contribution in [0.3, 0.4) is 0 Å². The molecule has 0 aliphatic heterocycles. The number of carboxylic acids is 1. The van der Waals surface area contributed by atoms with Crippen molar-refractivity contribution in [3.8, 4) is 0 Å². The predicted molar refractivity (Wildman–Crippen MR) is 156 cm³/mol. The highest BCUT2D eigenvalue weighted by atomic mass is 16.4. The van der Waals surface area contributed by atoms with E-state index in [2.05, 4.69) is 38.1 Å². The number of carbonyl (C=O) groups is 7. The summed E-state index contributed by atoms with van der Waals surface area (Å²) in [4.78, 5) is 86.2. The maximum Gasteiger partial charge on any atom is 0.303 e. The number of aryl methyl sites for hydroxylation is 1. The first kappa shape index (κ1) is 34.2. The number of aromatic nitrogens is 1. The molecule has 0 saturated heterocycles. The topological polar surface area (TPSA) is 216 Å². The molecule has 0 spiro atoms. The van der Waals surface area contributed by atoms with Gasteiger partial charge >= 0.3 is 5.97 Å². The number of rotatable bonds is 19. The number of para-hydroxylation sites is 1. The zero-order chi connectivity index (χ0) is 31.6. The third kappa shape index (κ3) is 13.5. The number of imide groups is 1. The van der Waals surface area contributed by atoms with E-state index in [1.807, 2.05) is 30.5 Å². The lowest BCUT2D eigenvalue weighted by Crippen LogP contribution is -2.50. The Labute approximate surface area is 248 Å². The summed E-state index contributed by atoms with van der Waals surface area (Å²) in [5, 5.41) is 21.8. The maximum absolute atomic E-state index is 12.8. The summed E-state index contributed by atoms with van der Waals surface area (Å²) in [5.74, 6) is -4.64. The van der Waals surface area contributed by atoms with Gasteiger partial charge in [0.2, 0.25) is 35.4 Å². The van der Waals surface area contributed by atoms with Gasteiger partial charge in [0, 0.05) is 36.5 Å². The van der Waals surface area contributed by atoms with E-state index in [1.165, 1.54) is 0 Å². The van der Waals surface area contributed by atoms with Gasteiger partial charge in [0.25, 0.3) is 0 Å². The fourth-order valence-electron chi connectivity index (χ4n) is 4.07. The number of aromatic amines is 1. The standard InChI is InChI=1S/C29H38N6O8/c1-2-23(36)32-17-26(39)30-15-6-5-11-22(29(43)35-27(40)18-33-24(37)13-14-28(41)42)34-25(38)12-7-8-19-16-31-21-10-4-3-9-20(19)21/h2-4,9-10,16,22,31H,1,5-8,11-15,17-18H2,(H,30,39)(H,32,36)(H,33,37)(H,34,38)(H,41,42)(H,35,40,43)/t22-/m0/s1. The summed E-state index contributed by atoms with van der Waals surface area (Å²) in [6.45, 7) is 2.81. The van der Waals surface area contributed by atoms with Crippen LogP contribution in [-0.2, 0) is 40.0 Å². The first-order valence-electron chi connectivity index (χ1n) is 13.9. The van der Waals surface area contributed by atoms with E-state index in [4.69, 9.17) is 5.11 Å². The van der Waals surface area contributed by atoms with E-state index in [0.717, 1.165) is 22.5 Å². The van der Waals surface area contributed by atoms with Crippen molar-refractivity contribution in [3.05, 3.63) is 48.7 Å². The molecule has 0 unspecified atom stereocenters. The number of amides is 6. The quantitative estimate of drug-likeness (QED) is 0.0873. The van der Waals surface area contributed by atoms with Gasteiger partial charge in [0.15, 0.2) is 0 Å². The second-order valence-electron chi connectivity index (χ2n) is 9.68. The average Bonchev–Trinajstić information content (AvgIpc) is 3.39. The van der Waals surface area contributed by atoms with Gasteiger partial charge in [-0.25, -0.2) is 0 Å². The summed E-state index contributed by atoms with van der Waals surface area (Å²) in [7, 11) is 0. The zero-order valence-corrected chi connectivity index (χ0v) is 23.8. The highest BCUT2D eigenvalue weighted by Crippen LogP contribution is 2.19. The summed E-state index contributed by atoms with van der Waals surface area (Å²) >= 11 is 0. The van der Waals surface area contributed by atoms with E-state index >= 15 is 0 Å². The second-order valence-corrected chi connectivity index (χ2v) is 9.68. The number of hydrogen-bond acceptors (Lipinski definition) is 7. The molecule has 1 aromatic carbocycles. The van der Waals surface area contributed by atoms with Crippen molar-refractivity contribution in [1.82, 2.24) is 31.6 Å². The van der Waals surface area contributed by atoms with Crippen molar-refractivity contribution >= 4 is 52.3 Å². The minimum absolute atomic E-state index is 0.142. The van der Waals surface area contributed by atoms with Crippen LogP contribution in [0.1, 0.15) is 50.5 Å². The fourth-order valence-corrected chi connectivity index (χ4v) is 4.07. The summed E-state index contributed by atoms with van der Waals surface area (Å²) in [6.07, 6.45) is 4.58. The first-order chi connectivity index (χ1) is 20.6. The highest BCUT2D eigenvalue weighted by Gasteiger charge is 2.22. The van der Waals surface area contributed by atoms with Crippen molar-refractivity contribution in [2.75, 3.05) is 19.6 Å². The Bertz CT molecular complexity index is 1320. The molecule has 7 N–H and O–H groups in total. The average molecular weight is 599 g/mol. The minimum Gasteiger partial charge on any atom is -0.481 e. The molecule has 1 atom stereocenters. The van der Waals surface area contributed by atoms with Crippen molar-refractivity contribution < 1.29 is 38.7 Å². The highest BCUT2D eigenvalue weighted by molar-refractivity contribution is 6.00. The first-order valence-corrected chi connectivity index (χ1v) is 13.9. The Kier molecular flexibility index (Phi) is 14.7. The second kappa shape index (κ2) is 18.4. The molecule has 0 radical (unpaired) electrons. The molecule has 0 aliphatic carbocycles. The third-order valence-corrected chi connectivity index (χ3v) is 6.30. The zero-order valence-electron chi connectivity index (χ0n) is 23.8. The largest absolute Gasteiger partial charge is 0.481 e. The lowest BCUT2D eigenvalue weighted by Gasteiger charge is -2.18. The molecule has 2 rings (SSSR count). The molecular weight excluding hydrogens is 560 g/mol. The van der Waals surface area contributed by atoms with E-state index in [0.29, 0.717) is 25.7 Å². The summed E-state index contributed by atoms with van der Waals surface area (Å²) in [5.41, 5.74) is 2.07. The van der Waals surface area contributed by atoms with Crippen LogP contribution in [0, 0.1) is 0 Å². The molecule has 0 bridgehead atoms. The number of nitrogens with one attached hydrogen (secondary N) is 6. The van der Waals surface area contributed by atoms with Crippen LogP contribution in [0.15, 0.2) is 43.1 Å². The molecule has 43 heavy (non-hydrogen) atoms. The van der Waals surface area contributed by atoms with Crippen molar-refractivity contribution in [1.29, 1.82) is 0 Å². The van der Waals surface area contributed by atoms with Gasteiger partial charge in [-0.2, -0.15) is 0 Å². The van der Waals surface area contributed by atoms with Crippen LogP contribution in [0.4, 0.5) is 0 Å². The van der Waals surface area contributed by atoms with Crippen LogP contribution < -0.4 is 26.6 Å². The number of fused-ring (bicyclic) bond motifs is 1. The van der Waals surface area contributed by atoms with Gasteiger partial charge in [-0.3, -0.25) is 38.9 Å².